The Labute approximate surface area is 206 Å². The molecule has 0 aromatic heterocycles. The third-order valence-electron chi connectivity index (χ3n) is 6.42. The Hall–Kier alpha value is -3.30. The quantitative estimate of drug-likeness (QED) is 0.682. The summed E-state index contributed by atoms with van der Waals surface area (Å²) < 4.78 is 16.6. The highest BCUT2D eigenvalue weighted by Crippen LogP contribution is 2.28. The topological polar surface area (TPSA) is 83.6 Å². The minimum Gasteiger partial charge on any atom is -0.493 e. The molecular weight excluding hydrogens is 448 g/mol. The maximum Gasteiger partial charge on any atom is 0.322 e. The molecule has 2 aliphatic heterocycles. The number of carbonyl (C=O) groups excluding carboxylic acids is 2. The van der Waals surface area contributed by atoms with Gasteiger partial charge in [0.25, 0.3) is 5.91 Å². The Morgan fingerprint density at radius 2 is 1.74 bits per heavy atom. The van der Waals surface area contributed by atoms with Crippen molar-refractivity contribution in [2.45, 2.75) is 12.5 Å². The van der Waals surface area contributed by atoms with Crippen LogP contribution in [0, 0.1) is 0 Å². The van der Waals surface area contributed by atoms with Crippen LogP contribution in [0.25, 0.3) is 0 Å². The van der Waals surface area contributed by atoms with Crippen molar-refractivity contribution in [2.75, 3.05) is 72.0 Å². The summed E-state index contributed by atoms with van der Waals surface area (Å²) >= 11 is 0. The molecule has 35 heavy (non-hydrogen) atoms. The molecule has 0 unspecified atom stereocenters. The van der Waals surface area contributed by atoms with Gasteiger partial charge in [-0.2, -0.15) is 0 Å². The first kappa shape index (κ1) is 24.8. The molecule has 2 fully saturated rings. The van der Waals surface area contributed by atoms with Crippen molar-refractivity contribution in [3.05, 3.63) is 54.1 Å². The summed E-state index contributed by atoms with van der Waals surface area (Å²) in [5.74, 6) is 1.14. The minimum absolute atomic E-state index is 0.00882. The number of benzene rings is 2. The van der Waals surface area contributed by atoms with E-state index in [2.05, 4.69) is 10.2 Å². The average Bonchev–Trinajstić information content (AvgIpc) is 3.14. The molecule has 2 saturated heterocycles. The fourth-order valence-corrected chi connectivity index (χ4v) is 4.53. The van der Waals surface area contributed by atoms with Crippen LogP contribution in [-0.4, -0.2) is 99.4 Å². The van der Waals surface area contributed by atoms with Gasteiger partial charge in [-0.15, -0.1) is 0 Å². The van der Waals surface area contributed by atoms with Crippen LogP contribution in [-0.2, 0) is 4.74 Å². The van der Waals surface area contributed by atoms with Gasteiger partial charge in [0.1, 0.15) is 0 Å². The highest BCUT2D eigenvalue weighted by Gasteiger charge is 2.28. The number of methoxy groups -OCH3 is 2. The molecule has 0 aliphatic carbocycles. The molecule has 0 saturated carbocycles. The molecule has 0 bridgehead atoms. The lowest BCUT2D eigenvalue weighted by Crippen LogP contribution is -2.51. The molecule has 2 aromatic rings. The molecule has 2 aromatic carbocycles. The lowest BCUT2D eigenvalue weighted by Gasteiger charge is -2.35. The fraction of sp³-hybridized carbons (Fsp3) is 0.462. The van der Waals surface area contributed by atoms with Crippen molar-refractivity contribution in [1.82, 2.24) is 14.7 Å². The maximum atomic E-state index is 13.1. The second-order valence-corrected chi connectivity index (χ2v) is 8.75. The van der Waals surface area contributed by atoms with Crippen molar-refractivity contribution in [1.29, 1.82) is 0 Å². The van der Waals surface area contributed by atoms with Crippen molar-refractivity contribution >= 4 is 17.6 Å². The molecule has 0 radical (unpaired) electrons. The number of nitrogens with one attached hydrogen (secondary N) is 1. The van der Waals surface area contributed by atoms with E-state index in [1.807, 2.05) is 40.1 Å². The van der Waals surface area contributed by atoms with E-state index in [0.29, 0.717) is 49.8 Å². The first-order valence-corrected chi connectivity index (χ1v) is 12.0. The Bertz CT molecular complexity index is 1000. The summed E-state index contributed by atoms with van der Waals surface area (Å²) in [6.45, 7) is 5.34. The monoisotopic (exact) mass is 482 g/mol. The number of para-hydroxylation sites is 1. The first-order valence-electron chi connectivity index (χ1n) is 12.0. The SMILES string of the molecule is COc1ccc(C(=O)N2CCCN(C[C@@H]3CN(C(=O)Nc4ccccc4)CCO3)CC2)cc1OC. The summed E-state index contributed by atoms with van der Waals surface area (Å²) in [5, 5.41) is 2.95. The molecule has 3 amide bonds. The zero-order valence-electron chi connectivity index (χ0n) is 20.4. The molecule has 1 N–H and O–H groups in total. The number of ether oxygens (including phenoxy) is 3. The van der Waals surface area contributed by atoms with Crippen LogP contribution >= 0.6 is 0 Å². The fourth-order valence-electron chi connectivity index (χ4n) is 4.53. The Balaban J connectivity index is 1.29. The number of nitrogens with zero attached hydrogens (tertiary/aromatic N) is 3. The summed E-state index contributed by atoms with van der Waals surface area (Å²) in [7, 11) is 3.14. The Morgan fingerprint density at radius 1 is 0.943 bits per heavy atom. The van der Waals surface area contributed by atoms with Gasteiger partial charge in [0, 0.05) is 50.5 Å². The second kappa shape index (κ2) is 11.9. The van der Waals surface area contributed by atoms with Gasteiger partial charge >= 0.3 is 6.03 Å². The van der Waals surface area contributed by atoms with E-state index in [4.69, 9.17) is 14.2 Å². The van der Waals surface area contributed by atoms with Gasteiger partial charge in [-0.05, 0) is 43.3 Å². The van der Waals surface area contributed by atoms with Gasteiger partial charge in [0.2, 0.25) is 0 Å². The number of amides is 3. The van der Waals surface area contributed by atoms with Crippen LogP contribution in [0.2, 0.25) is 0 Å². The Kier molecular flexibility index (Phi) is 8.44. The number of hydrogen-bond acceptors (Lipinski definition) is 6. The number of hydrogen-bond donors (Lipinski definition) is 1. The lowest BCUT2D eigenvalue weighted by atomic mass is 10.1. The van der Waals surface area contributed by atoms with Crippen LogP contribution in [0.4, 0.5) is 10.5 Å². The zero-order valence-corrected chi connectivity index (χ0v) is 20.4. The summed E-state index contributed by atoms with van der Waals surface area (Å²) in [6.07, 6.45) is 0.822. The van der Waals surface area contributed by atoms with Crippen LogP contribution in [0.1, 0.15) is 16.8 Å². The molecule has 4 rings (SSSR count). The molecule has 2 heterocycles. The van der Waals surface area contributed by atoms with Gasteiger partial charge in [-0.1, -0.05) is 18.2 Å². The van der Waals surface area contributed by atoms with Gasteiger partial charge in [-0.3, -0.25) is 9.69 Å². The van der Waals surface area contributed by atoms with E-state index < -0.39 is 0 Å². The maximum absolute atomic E-state index is 13.1. The van der Waals surface area contributed by atoms with E-state index in [-0.39, 0.29) is 18.0 Å². The van der Waals surface area contributed by atoms with Gasteiger partial charge in [0.15, 0.2) is 11.5 Å². The Morgan fingerprint density at radius 3 is 2.51 bits per heavy atom. The average molecular weight is 483 g/mol. The molecule has 1 atom stereocenters. The van der Waals surface area contributed by atoms with Crippen LogP contribution in [0.5, 0.6) is 11.5 Å². The van der Waals surface area contributed by atoms with Gasteiger partial charge < -0.3 is 29.3 Å². The number of anilines is 1. The number of urea groups is 1. The molecule has 2 aliphatic rings. The molecule has 9 heteroatoms. The summed E-state index contributed by atoms with van der Waals surface area (Å²) in [4.78, 5) is 31.8. The smallest absolute Gasteiger partial charge is 0.322 e. The predicted molar refractivity (Wildman–Crippen MR) is 133 cm³/mol. The van der Waals surface area contributed by atoms with E-state index >= 15 is 0 Å². The normalized spacial score (nSPS) is 19.1. The lowest BCUT2D eigenvalue weighted by molar-refractivity contribution is -0.0283. The van der Waals surface area contributed by atoms with Crippen molar-refractivity contribution in [3.63, 3.8) is 0 Å². The first-order chi connectivity index (χ1) is 17.1. The van der Waals surface area contributed by atoms with E-state index in [1.165, 1.54) is 0 Å². The molecular formula is C26H34N4O5. The molecule has 9 nitrogen and oxygen atoms in total. The highest BCUT2D eigenvalue weighted by molar-refractivity contribution is 5.95. The van der Waals surface area contributed by atoms with E-state index in [0.717, 1.165) is 31.7 Å². The minimum atomic E-state index is -0.105. The van der Waals surface area contributed by atoms with Gasteiger partial charge in [-0.25, -0.2) is 4.79 Å². The van der Waals surface area contributed by atoms with Crippen molar-refractivity contribution in [3.8, 4) is 11.5 Å². The van der Waals surface area contributed by atoms with Crippen LogP contribution in [0.15, 0.2) is 48.5 Å². The number of carbonyl (C=O) groups is 2. The molecule has 188 valence electrons. The van der Waals surface area contributed by atoms with Crippen molar-refractivity contribution in [2.24, 2.45) is 0 Å². The standard InChI is InChI=1S/C26H34N4O5/c1-33-23-10-9-20(17-24(23)34-2)25(31)29-12-6-11-28(13-14-29)18-22-19-30(15-16-35-22)26(32)27-21-7-4-3-5-8-21/h3-5,7-10,17,22H,6,11-16,18-19H2,1-2H3,(H,27,32)/t22-/m1/s1. The highest BCUT2D eigenvalue weighted by atomic mass is 16.5. The van der Waals surface area contributed by atoms with Crippen LogP contribution < -0.4 is 14.8 Å². The summed E-state index contributed by atoms with van der Waals surface area (Å²) in [6, 6.07) is 14.6. The number of morpholine rings is 1. The second-order valence-electron chi connectivity index (χ2n) is 8.75. The third-order valence-corrected chi connectivity index (χ3v) is 6.42. The molecule has 0 spiro atoms. The largest absolute Gasteiger partial charge is 0.493 e. The van der Waals surface area contributed by atoms with Crippen molar-refractivity contribution < 1.29 is 23.8 Å². The van der Waals surface area contributed by atoms with E-state index in [9.17, 15) is 9.59 Å². The van der Waals surface area contributed by atoms with E-state index in [1.54, 1.807) is 32.4 Å². The third kappa shape index (κ3) is 6.43. The predicted octanol–water partition coefficient (Wildman–Crippen LogP) is 2.78. The number of rotatable bonds is 6. The zero-order chi connectivity index (χ0) is 24.6. The summed E-state index contributed by atoms with van der Waals surface area (Å²) in [5.41, 5.74) is 1.37. The van der Waals surface area contributed by atoms with Gasteiger partial charge in [0.05, 0.1) is 26.9 Å². The van der Waals surface area contributed by atoms with Crippen LogP contribution in [0.3, 0.4) is 0 Å².